The first-order valence-electron chi connectivity index (χ1n) is 13.1. The average molecular weight is 540 g/mol. The van der Waals surface area contributed by atoms with Gasteiger partial charge in [0.1, 0.15) is 0 Å². The Bertz CT molecular complexity index is 1110. The van der Waals surface area contributed by atoms with Gasteiger partial charge in [-0.05, 0) is 72.9 Å². The Morgan fingerprint density at radius 1 is 1.05 bits per heavy atom. The van der Waals surface area contributed by atoms with Crippen LogP contribution in [0.1, 0.15) is 75.6 Å². The van der Waals surface area contributed by atoms with Crippen molar-refractivity contribution in [2.24, 2.45) is 11.8 Å². The van der Waals surface area contributed by atoms with E-state index in [1.54, 1.807) is 0 Å². The summed E-state index contributed by atoms with van der Waals surface area (Å²) in [4.78, 5) is 0. The smallest absolute Gasteiger partial charge is 0.378 e. The van der Waals surface area contributed by atoms with Crippen LogP contribution in [-0.2, 0) is 16.2 Å². The number of sulfonamides is 1. The number of rotatable bonds is 12. The molecule has 5 nitrogen and oxygen atoms in total. The molecule has 9 heteroatoms. The molecule has 0 radical (unpaired) electrons. The molecule has 3 rings (SSSR count). The zero-order valence-electron chi connectivity index (χ0n) is 22.1. The third-order valence-corrected chi connectivity index (χ3v) is 8.63. The predicted octanol–water partition coefficient (Wildman–Crippen LogP) is 6.32. The van der Waals surface area contributed by atoms with Gasteiger partial charge in [0.2, 0.25) is 10.0 Å². The van der Waals surface area contributed by atoms with Gasteiger partial charge in [-0.1, -0.05) is 58.0 Å². The fraction of sp³-hybridized carbons (Fsp3) is 0.571. The van der Waals surface area contributed by atoms with Crippen molar-refractivity contribution < 1.29 is 21.6 Å². The van der Waals surface area contributed by atoms with Crippen molar-refractivity contribution in [3.8, 4) is 0 Å². The Morgan fingerprint density at radius 2 is 1.76 bits per heavy atom. The first-order chi connectivity index (χ1) is 17.4. The molecule has 0 saturated heterocycles. The molecule has 1 aliphatic heterocycles. The summed E-state index contributed by atoms with van der Waals surface area (Å²) in [5, 5.41) is 6.72. The van der Waals surface area contributed by atoms with Gasteiger partial charge in [0.25, 0.3) is 0 Å². The van der Waals surface area contributed by atoms with Crippen LogP contribution in [0, 0.1) is 11.8 Å². The molecule has 0 amide bonds. The molecule has 37 heavy (non-hydrogen) atoms. The lowest BCUT2D eigenvalue weighted by Crippen LogP contribution is -2.34. The maximum Gasteiger partial charge on any atom is 0.416 e. The lowest BCUT2D eigenvalue weighted by molar-refractivity contribution is -0.137. The van der Waals surface area contributed by atoms with Crippen molar-refractivity contribution in [1.82, 2.24) is 10.0 Å². The molecule has 2 aromatic carbocycles. The lowest BCUT2D eigenvalue weighted by Gasteiger charge is -2.40. The SMILES string of the molecule is CC(C)NCCCS(=O)(=O)NC[C@H](C)CC[C@@H]1[C@H](C)c2cc(C(F)(F)F)ccc2N[C@H]1c1ccccc1. The summed E-state index contributed by atoms with van der Waals surface area (Å²) in [6, 6.07) is 14.2. The molecule has 0 saturated carbocycles. The van der Waals surface area contributed by atoms with Gasteiger partial charge in [-0.15, -0.1) is 0 Å². The molecule has 0 aliphatic carbocycles. The maximum atomic E-state index is 13.4. The summed E-state index contributed by atoms with van der Waals surface area (Å²) in [5.74, 6) is 0.132. The number of hydrogen-bond donors (Lipinski definition) is 3. The molecule has 0 spiro atoms. The Kier molecular flexibility index (Phi) is 10.1. The van der Waals surface area contributed by atoms with E-state index < -0.39 is 21.8 Å². The fourth-order valence-corrected chi connectivity index (χ4v) is 6.23. The molecule has 1 heterocycles. The largest absolute Gasteiger partial charge is 0.416 e. The van der Waals surface area contributed by atoms with E-state index in [-0.39, 0.29) is 29.5 Å². The van der Waals surface area contributed by atoms with E-state index in [0.717, 1.165) is 30.2 Å². The Morgan fingerprint density at radius 3 is 2.41 bits per heavy atom. The molecule has 3 N–H and O–H groups in total. The maximum absolute atomic E-state index is 13.4. The van der Waals surface area contributed by atoms with E-state index in [4.69, 9.17) is 0 Å². The van der Waals surface area contributed by atoms with Crippen molar-refractivity contribution in [3.63, 3.8) is 0 Å². The molecular formula is C28H40F3N3O2S. The van der Waals surface area contributed by atoms with Crippen LogP contribution in [0.4, 0.5) is 18.9 Å². The number of benzene rings is 2. The number of nitrogens with one attached hydrogen (secondary N) is 3. The van der Waals surface area contributed by atoms with Gasteiger partial charge in [-0.25, -0.2) is 13.1 Å². The molecule has 2 aromatic rings. The highest BCUT2D eigenvalue weighted by molar-refractivity contribution is 7.89. The zero-order chi connectivity index (χ0) is 27.2. The number of fused-ring (bicyclic) bond motifs is 1. The number of alkyl halides is 3. The van der Waals surface area contributed by atoms with E-state index in [1.165, 1.54) is 12.1 Å². The predicted molar refractivity (Wildman–Crippen MR) is 144 cm³/mol. The second kappa shape index (κ2) is 12.6. The van der Waals surface area contributed by atoms with E-state index in [0.29, 0.717) is 31.1 Å². The quantitative estimate of drug-likeness (QED) is 0.276. The van der Waals surface area contributed by atoms with Crippen LogP contribution in [-0.4, -0.2) is 33.3 Å². The zero-order valence-corrected chi connectivity index (χ0v) is 22.9. The molecule has 4 atom stereocenters. The summed E-state index contributed by atoms with van der Waals surface area (Å²) in [5.41, 5.74) is 1.87. The molecule has 0 aromatic heterocycles. The van der Waals surface area contributed by atoms with Crippen molar-refractivity contribution in [2.75, 3.05) is 24.2 Å². The lowest BCUT2D eigenvalue weighted by atomic mass is 9.73. The van der Waals surface area contributed by atoms with Gasteiger partial charge in [0.05, 0.1) is 17.4 Å². The molecule has 0 bridgehead atoms. The van der Waals surface area contributed by atoms with Crippen molar-refractivity contribution >= 4 is 15.7 Å². The summed E-state index contributed by atoms with van der Waals surface area (Å²) >= 11 is 0. The molecular weight excluding hydrogens is 499 g/mol. The Labute approximate surface area is 219 Å². The fourth-order valence-electron chi connectivity index (χ4n) is 5.02. The minimum Gasteiger partial charge on any atom is -0.378 e. The number of anilines is 1. The summed E-state index contributed by atoms with van der Waals surface area (Å²) in [6.07, 6.45) is -2.33. The van der Waals surface area contributed by atoms with E-state index in [2.05, 4.69) is 15.4 Å². The van der Waals surface area contributed by atoms with Crippen molar-refractivity contribution in [1.29, 1.82) is 0 Å². The van der Waals surface area contributed by atoms with Gasteiger partial charge in [-0.2, -0.15) is 13.2 Å². The third kappa shape index (κ3) is 8.45. The Hall–Kier alpha value is -2.10. The van der Waals surface area contributed by atoms with Crippen molar-refractivity contribution in [2.45, 2.75) is 71.1 Å². The van der Waals surface area contributed by atoms with Crippen LogP contribution in [0.2, 0.25) is 0 Å². The van der Waals surface area contributed by atoms with Gasteiger partial charge in [0, 0.05) is 18.3 Å². The third-order valence-electron chi connectivity index (χ3n) is 7.20. The highest BCUT2D eigenvalue weighted by atomic mass is 32.2. The minimum absolute atomic E-state index is 0.0437. The highest BCUT2D eigenvalue weighted by Crippen LogP contribution is 2.48. The molecule has 0 fully saturated rings. The van der Waals surface area contributed by atoms with E-state index in [1.807, 2.05) is 58.0 Å². The average Bonchev–Trinajstić information content (AvgIpc) is 2.84. The van der Waals surface area contributed by atoms with E-state index >= 15 is 0 Å². The van der Waals surface area contributed by atoms with Crippen LogP contribution in [0.5, 0.6) is 0 Å². The second-order valence-corrected chi connectivity index (χ2v) is 12.5. The van der Waals surface area contributed by atoms with Crippen LogP contribution in [0.25, 0.3) is 0 Å². The van der Waals surface area contributed by atoms with Gasteiger partial charge >= 0.3 is 6.18 Å². The summed E-state index contributed by atoms with van der Waals surface area (Å²) in [6.45, 7) is 9.05. The normalized spacial score (nSPS) is 20.9. The molecule has 206 valence electrons. The monoisotopic (exact) mass is 539 g/mol. The summed E-state index contributed by atoms with van der Waals surface area (Å²) < 4.78 is 67.7. The second-order valence-electron chi connectivity index (χ2n) is 10.6. The number of hydrogen-bond acceptors (Lipinski definition) is 4. The number of halogens is 3. The highest BCUT2D eigenvalue weighted by Gasteiger charge is 2.37. The van der Waals surface area contributed by atoms with Crippen LogP contribution in [0.15, 0.2) is 48.5 Å². The van der Waals surface area contributed by atoms with Gasteiger partial charge < -0.3 is 10.6 Å². The molecule has 1 aliphatic rings. The minimum atomic E-state index is -4.39. The first kappa shape index (κ1) is 29.5. The van der Waals surface area contributed by atoms with Crippen LogP contribution < -0.4 is 15.4 Å². The van der Waals surface area contributed by atoms with Gasteiger partial charge in [0.15, 0.2) is 0 Å². The first-order valence-corrected chi connectivity index (χ1v) is 14.8. The topological polar surface area (TPSA) is 70.2 Å². The van der Waals surface area contributed by atoms with Gasteiger partial charge in [-0.3, -0.25) is 0 Å². The van der Waals surface area contributed by atoms with Crippen LogP contribution in [0.3, 0.4) is 0 Å². The van der Waals surface area contributed by atoms with Crippen LogP contribution >= 0.6 is 0 Å². The molecule has 0 unspecified atom stereocenters. The Balaban J connectivity index is 1.68. The van der Waals surface area contributed by atoms with E-state index in [9.17, 15) is 21.6 Å². The standard InChI is InChI=1S/C28H40F3N3O2S/c1-19(2)32-15-8-16-37(35,36)33-18-20(3)11-13-24-21(4)25-17-23(28(29,30)31)12-14-26(25)34-27(24)22-9-6-5-7-10-22/h5-7,9-10,12,14,17,19-21,24,27,32-34H,8,11,13,15-16,18H2,1-4H3/t20-,21+,24-,27+/m1/s1. The summed E-state index contributed by atoms with van der Waals surface area (Å²) in [7, 11) is -3.35. The van der Waals surface area contributed by atoms with Crippen molar-refractivity contribution in [3.05, 3.63) is 65.2 Å².